The first-order valence-electron chi connectivity index (χ1n) is 20.7. The summed E-state index contributed by atoms with van der Waals surface area (Å²) in [5.41, 5.74) is 13.5. The van der Waals surface area contributed by atoms with E-state index >= 15 is 0 Å². The Bertz CT molecular complexity index is 3510. The molecule has 0 saturated heterocycles. The van der Waals surface area contributed by atoms with Gasteiger partial charge in [0.1, 0.15) is 5.69 Å². The Hall–Kier alpha value is -7.99. The van der Waals surface area contributed by atoms with Crippen LogP contribution in [0.4, 0.5) is 0 Å². The molecule has 0 aliphatic heterocycles. The van der Waals surface area contributed by atoms with Gasteiger partial charge in [-0.3, -0.25) is 4.99 Å². The smallest absolute Gasteiger partial charge is 0.101 e. The monoisotopic (exact) mass is 810 g/mol. The van der Waals surface area contributed by atoms with E-state index in [-0.39, 0.29) is 0 Å². The van der Waals surface area contributed by atoms with Crippen LogP contribution in [-0.4, -0.2) is 21.5 Å². The Labute approximate surface area is 363 Å². The average Bonchev–Trinajstić information content (AvgIpc) is 3.94. The van der Waals surface area contributed by atoms with Gasteiger partial charge in [-0.2, -0.15) is 5.10 Å². The fraction of sp³-hybridized carbons (Fsp3) is 0. The van der Waals surface area contributed by atoms with Crippen LogP contribution in [0.15, 0.2) is 223 Å². The molecule has 0 radical (unpaired) electrons. The van der Waals surface area contributed by atoms with Crippen molar-refractivity contribution in [2.45, 2.75) is 0 Å². The summed E-state index contributed by atoms with van der Waals surface area (Å²) < 4.78 is 4.67. The van der Waals surface area contributed by atoms with Crippen LogP contribution < -0.4 is 0 Å². The lowest BCUT2D eigenvalue weighted by molar-refractivity contribution is 0.979. The molecule has 0 unspecified atom stereocenters. The summed E-state index contributed by atoms with van der Waals surface area (Å²) in [5.74, 6) is 0. The van der Waals surface area contributed by atoms with Crippen molar-refractivity contribution in [2.24, 2.45) is 4.99 Å². The topological polar surface area (TPSA) is 53.5 Å². The Kier molecular flexibility index (Phi) is 9.49. The molecule has 292 valence electrons. The van der Waals surface area contributed by atoms with Crippen molar-refractivity contribution in [3.63, 3.8) is 0 Å². The van der Waals surface area contributed by atoms with E-state index in [1.54, 1.807) is 0 Å². The number of pyridine rings is 1. The predicted molar refractivity (Wildman–Crippen MR) is 263 cm³/mol. The molecule has 11 aromatic rings. The third-order valence-electron chi connectivity index (χ3n) is 11.5. The lowest BCUT2D eigenvalue weighted by Crippen LogP contribution is -1.96. The molecule has 3 heterocycles. The van der Waals surface area contributed by atoms with E-state index in [0.29, 0.717) is 11.4 Å². The average molecular weight is 811 g/mol. The van der Waals surface area contributed by atoms with Gasteiger partial charge in [-0.15, -0.1) is 11.3 Å². The van der Waals surface area contributed by atoms with Gasteiger partial charge < -0.3 is 5.41 Å². The number of hydrogen-bond donors (Lipinski definition) is 1. The Balaban J connectivity index is 1.01. The van der Waals surface area contributed by atoms with Crippen molar-refractivity contribution in [2.75, 3.05) is 0 Å². The molecule has 0 fully saturated rings. The van der Waals surface area contributed by atoms with Crippen molar-refractivity contribution in [1.29, 1.82) is 5.41 Å². The van der Waals surface area contributed by atoms with Gasteiger partial charge in [0.15, 0.2) is 0 Å². The molecule has 0 saturated carbocycles. The number of allylic oxidation sites excluding steroid dienone is 1. The third-order valence-corrected chi connectivity index (χ3v) is 12.7. The van der Waals surface area contributed by atoms with Gasteiger partial charge in [0, 0.05) is 54.0 Å². The van der Waals surface area contributed by atoms with Crippen molar-refractivity contribution in [1.82, 2.24) is 9.61 Å². The van der Waals surface area contributed by atoms with Crippen LogP contribution in [0.5, 0.6) is 0 Å². The van der Waals surface area contributed by atoms with Crippen LogP contribution in [-0.2, 0) is 0 Å². The second-order valence-electron chi connectivity index (χ2n) is 15.4. The fourth-order valence-corrected chi connectivity index (χ4v) is 9.75. The number of thiophene rings is 1. The highest BCUT2D eigenvalue weighted by Crippen LogP contribution is 2.42. The zero-order valence-electron chi connectivity index (χ0n) is 33.6. The third kappa shape index (κ3) is 6.81. The Morgan fingerprint density at radius 1 is 0.532 bits per heavy atom. The standard InChI is InChI=1S/C57H38N4S/c58-50(39-16-4-1-5-17-39)36-51(45-24-14-23-43(34-45)47-27-15-28-49-48-26-12-13-29-53(48)62-57(47)49)59-37-38-30-32-41(33-31-38)54-55(42-20-8-3-9-21-42)60-61-52(40-18-6-2-7-19-40)35-44-22-10-11-25-46(44)56(54)61/h1-37,58H/b51-36-,58-50?,59-37?. The summed E-state index contributed by atoms with van der Waals surface area (Å²) in [6.07, 6.45) is 3.78. The molecule has 0 amide bonds. The Morgan fingerprint density at radius 3 is 1.95 bits per heavy atom. The highest BCUT2D eigenvalue weighted by atomic mass is 32.1. The molecule has 4 nitrogen and oxygen atoms in total. The highest BCUT2D eigenvalue weighted by Gasteiger charge is 2.21. The summed E-state index contributed by atoms with van der Waals surface area (Å²) in [4.78, 5) is 5.14. The van der Waals surface area contributed by atoms with Gasteiger partial charge in [-0.25, -0.2) is 4.52 Å². The maximum absolute atomic E-state index is 9.12. The largest absolute Gasteiger partial charge is 0.300 e. The first-order valence-corrected chi connectivity index (χ1v) is 21.5. The number of hydrogen-bond acceptors (Lipinski definition) is 4. The van der Waals surface area contributed by atoms with E-state index in [4.69, 9.17) is 15.5 Å². The minimum absolute atomic E-state index is 0.397. The van der Waals surface area contributed by atoms with E-state index in [1.165, 1.54) is 25.7 Å². The summed E-state index contributed by atoms with van der Waals surface area (Å²) in [7, 11) is 0. The second-order valence-corrected chi connectivity index (χ2v) is 16.4. The first-order chi connectivity index (χ1) is 30.7. The zero-order chi connectivity index (χ0) is 41.4. The van der Waals surface area contributed by atoms with Gasteiger partial charge in [-0.05, 0) is 57.5 Å². The molecule has 8 aromatic carbocycles. The molecule has 0 spiro atoms. The Morgan fingerprint density at radius 2 is 1.16 bits per heavy atom. The maximum atomic E-state index is 9.12. The van der Waals surface area contributed by atoms with Crippen LogP contribution >= 0.6 is 11.3 Å². The molecule has 62 heavy (non-hydrogen) atoms. The fourth-order valence-electron chi connectivity index (χ4n) is 8.51. The normalized spacial score (nSPS) is 12.0. The number of aliphatic imine (C=N–C) groups is 1. The quantitative estimate of drug-likeness (QED) is 0.145. The molecule has 0 aliphatic carbocycles. The lowest BCUT2D eigenvalue weighted by Gasteiger charge is -2.11. The van der Waals surface area contributed by atoms with E-state index in [2.05, 4.69) is 174 Å². The molecule has 0 bridgehead atoms. The number of nitrogens with one attached hydrogen (secondary N) is 1. The van der Waals surface area contributed by atoms with Crippen LogP contribution in [0.1, 0.15) is 16.7 Å². The van der Waals surface area contributed by atoms with Crippen molar-refractivity contribution < 1.29 is 0 Å². The molecule has 1 N–H and O–H groups in total. The predicted octanol–water partition coefficient (Wildman–Crippen LogP) is 15.1. The molecule has 3 aromatic heterocycles. The lowest BCUT2D eigenvalue weighted by atomic mass is 9.96. The van der Waals surface area contributed by atoms with Gasteiger partial charge in [0.2, 0.25) is 0 Å². The summed E-state index contributed by atoms with van der Waals surface area (Å²) >= 11 is 1.83. The molecule has 11 rings (SSSR count). The summed E-state index contributed by atoms with van der Waals surface area (Å²) in [6.45, 7) is 0. The number of aromatic nitrogens is 2. The van der Waals surface area contributed by atoms with Crippen LogP contribution in [0.2, 0.25) is 0 Å². The number of rotatable bonds is 9. The minimum Gasteiger partial charge on any atom is -0.300 e. The van der Waals surface area contributed by atoms with E-state index in [0.717, 1.165) is 72.2 Å². The maximum Gasteiger partial charge on any atom is 0.101 e. The van der Waals surface area contributed by atoms with E-state index < -0.39 is 0 Å². The van der Waals surface area contributed by atoms with Crippen molar-refractivity contribution in [3.05, 3.63) is 235 Å². The zero-order valence-corrected chi connectivity index (χ0v) is 34.4. The van der Waals surface area contributed by atoms with Crippen molar-refractivity contribution in [3.8, 4) is 44.8 Å². The number of benzene rings is 8. The summed E-state index contributed by atoms with van der Waals surface area (Å²) in [5, 5.41) is 19.3. The summed E-state index contributed by atoms with van der Waals surface area (Å²) in [6, 6.07) is 73.9. The van der Waals surface area contributed by atoms with Crippen LogP contribution in [0, 0.1) is 5.41 Å². The van der Waals surface area contributed by atoms with Gasteiger partial charge in [0.05, 0.1) is 22.6 Å². The molecular formula is C57H38N4S. The van der Waals surface area contributed by atoms with Gasteiger partial charge >= 0.3 is 0 Å². The van der Waals surface area contributed by atoms with Crippen LogP contribution in [0.25, 0.3) is 86.9 Å². The van der Waals surface area contributed by atoms with Gasteiger partial charge in [-0.1, -0.05) is 194 Å². The van der Waals surface area contributed by atoms with Crippen molar-refractivity contribution >= 4 is 65.4 Å². The highest BCUT2D eigenvalue weighted by molar-refractivity contribution is 7.26. The van der Waals surface area contributed by atoms with Crippen LogP contribution in [0.3, 0.4) is 0 Å². The first kappa shape index (κ1) is 37.0. The molecule has 0 aliphatic rings. The number of nitrogens with zero attached hydrogens (tertiary/aromatic N) is 3. The SMILES string of the molecule is N=C(/C=C(\N=Cc1ccc(-c2c(-c3ccccc3)nn3c(-c4ccccc4)cc4ccccc4c23)cc1)c1cccc(-c2cccc3c2sc2ccccc23)c1)c1ccccc1. The number of fused-ring (bicyclic) bond motifs is 6. The molecular weight excluding hydrogens is 773 g/mol. The van der Waals surface area contributed by atoms with E-state index in [9.17, 15) is 0 Å². The second kappa shape index (κ2) is 15.9. The van der Waals surface area contributed by atoms with E-state index in [1.807, 2.05) is 66.1 Å². The van der Waals surface area contributed by atoms with Gasteiger partial charge in [0.25, 0.3) is 0 Å². The molecule has 5 heteroatoms. The minimum atomic E-state index is 0.397. The molecule has 0 atom stereocenters.